The van der Waals surface area contributed by atoms with Crippen LogP contribution < -0.4 is 11.1 Å². The monoisotopic (exact) mass is 316 g/mol. The van der Waals surface area contributed by atoms with Gasteiger partial charge >= 0.3 is 0 Å². The molecular weight excluding hydrogens is 300 g/mol. The molecule has 1 saturated heterocycles. The molecule has 6 nitrogen and oxygen atoms in total. The van der Waals surface area contributed by atoms with Crippen molar-refractivity contribution in [1.82, 2.24) is 15.3 Å². The van der Waals surface area contributed by atoms with E-state index in [1.807, 2.05) is 0 Å². The molecule has 1 aliphatic rings. The van der Waals surface area contributed by atoms with E-state index in [-0.39, 0.29) is 0 Å². The molecule has 1 aromatic rings. The first-order chi connectivity index (χ1) is 8.69. The number of ether oxygens (including phenoxy) is 1. The SMILES string of the molecule is COC=O.Nc1ncc(C2CCNCC2)nc1Br. The molecule has 2 rings (SSSR count). The molecule has 3 N–H and O–H groups in total. The molecule has 18 heavy (non-hydrogen) atoms. The summed E-state index contributed by atoms with van der Waals surface area (Å²) in [7, 11) is 1.31. The minimum absolute atomic E-state index is 0.375. The quantitative estimate of drug-likeness (QED) is 0.793. The van der Waals surface area contributed by atoms with Gasteiger partial charge in [0.1, 0.15) is 4.60 Å². The Morgan fingerprint density at radius 1 is 1.56 bits per heavy atom. The van der Waals surface area contributed by atoms with Gasteiger partial charge in [0.2, 0.25) is 0 Å². The van der Waals surface area contributed by atoms with Crippen LogP contribution in [0.5, 0.6) is 0 Å². The Kier molecular flexibility index (Phi) is 6.59. The van der Waals surface area contributed by atoms with Crippen molar-refractivity contribution in [3.05, 3.63) is 16.5 Å². The van der Waals surface area contributed by atoms with Crippen molar-refractivity contribution in [2.45, 2.75) is 18.8 Å². The minimum Gasteiger partial charge on any atom is -0.471 e. The second kappa shape index (κ2) is 7.99. The molecule has 1 aliphatic heterocycles. The van der Waals surface area contributed by atoms with Crippen LogP contribution in [0.15, 0.2) is 10.8 Å². The maximum absolute atomic E-state index is 8.95. The number of rotatable bonds is 2. The first-order valence-electron chi connectivity index (χ1n) is 5.64. The summed E-state index contributed by atoms with van der Waals surface area (Å²) in [4.78, 5) is 17.5. The number of hydrogen-bond donors (Lipinski definition) is 2. The third kappa shape index (κ3) is 4.58. The molecule has 0 aromatic carbocycles. The van der Waals surface area contributed by atoms with Crippen LogP contribution in [0.4, 0.5) is 5.82 Å². The fourth-order valence-electron chi connectivity index (χ4n) is 1.70. The van der Waals surface area contributed by atoms with Crippen molar-refractivity contribution in [3.63, 3.8) is 0 Å². The van der Waals surface area contributed by atoms with Crippen molar-refractivity contribution < 1.29 is 9.53 Å². The smallest absolute Gasteiger partial charge is 0.292 e. The summed E-state index contributed by atoms with van der Waals surface area (Å²) in [5.41, 5.74) is 6.63. The average Bonchev–Trinajstić information content (AvgIpc) is 2.43. The molecule has 0 spiro atoms. The lowest BCUT2D eigenvalue weighted by Crippen LogP contribution is -2.27. The number of anilines is 1. The van der Waals surface area contributed by atoms with Gasteiger partial charge < -0.3 is 15.8 Å². The zero-order chi connectivity index (χ0) is 13.4. The summed E-state index contributed by atoms with van der Waals surface area (Å²) in [5.74, 6) is 0.989. The number of carbonyl (C=O) groups is 1. The van der Waals surface area contributed by atoms with Crippen molar-refractivity contribution in [2.24, 2.45) is 0 Å². The molecule has 0 amide bonds. The van der Waals surface area contributed by atoms with Gasteiger partial charge in [-0.05, 0) is 41.9 Å². The molecule has 1 aromatic heterocycles. The zero-order valence-corrected chi connectivity index (χ0v) is 11.8. The number of aromatic nitrogens is 2. The van der Waals surface area contributed by atoms with Gasteiger partial charge in [-0.15, -0.1) is 0 Å². The molecule has 0 atom stereocenters. The number of nitrogen functional groups attached to an aromatic ring is 1. The van der Waals surface area contributed by atoms with Crippen LogP contribution in [0.2, 0.25) is 0 Å². The fourth-order valence-corrected chi connectivity index (χ4v) is 2.01. The van der Waals surface area contributed by atoms with E-state index >= 15 is 0 Å². The summed E-state index contributed by atoms with van der Waals surface area (Å²) >= 11 is 3.30. The largest absolute Gasteiger partial charge is 0.471 e. The third-order valence-corrected chi connectivity index (χ3v) is 3.21. The van der Waals surface area contributed by atoms with Gasteiger partial charge in [0.15, 0.2) is 5.82 Å². The maximum Gasteiger partial charge on any atom is 0.292 e. The first kappa shape index (κ1) is 14.8. The first-order valence-corrected chi connectivity index (χ1v) is 6.43. The summed E-state index contributed by atoms with van der Waals surface area (Å²) < 4.78 is 4.52. The van der Waals surface area contributed by atoms with Crippen LogP contribution in [-0.2, 0) is 9.53 Å². The van der Waals surface area contributed by atoms with E-state index in [1.54, 1.807) is 6.20 Å². The van der Waals surface area contributed by atoms with Gasteiger partial charge in [-0.25, -0.2) is 9.97 Å². The highest BCUT2D eigenvalue weighted by atomic mass is 79.9. The van der Waals surface area contributed by atoms with Crippen molar-refractivity contribution in [3.8, 4) is 0 Å². The second-order valence-electron chi connectivity index (χ2n) is 3.83. The average molecular weight is 317 g/mol. The Bertz CT molecular complexity index is 383. The maximum atomic E-state index is 8.95. The second-order valence-corrected chi connectivity index (χ2v) is 4.58. The highest BCUT2D eigenvalue weighted by molar-refractivity contribution is 9.10. The number of hydrogen-bond acceptors (Lipinski definition) is 6. The molecular formula is C11H17BrN4O2. The lowest BCUT2D eigenvalue weighted by molar-refractivity contribution is -0.126. The van der Waals surface area contributed by atoms with Crippen LogP contribution >= 0.6 is 15.9 Å². The summed E-state index contributed by atoms with van der Waals surface area (Å²) in [6, 6.07) is 0. The molecule has 7 heteroatoms. The van der Waals surface area contributed by atoms with Crippen LogP contribution in [0.3, 0.4) is 0 Å². The van der Waals surface area contributed by atoms with E-state index in [0.29, 0.717) is 22.8 Å². The van der Waals surface area contributed by atoms with E-state index in [0.717, 1.165) is 31.6 Å². The molecule has 0 unspecified atom stereocenters. The van der Waals surface area contributed by atoms with Gasteiger partial charge in [-0.1, -0.05) is 0 Å². The van der Waals surface area contributed by atoms with E-state index in [4.69, 9.17) is 10.5 Å². The molecule has 100 valence electrons. The van der Waals surface area contributed by atoms with Gasteiger partial charge in [0.05, 0.1) is 19.0 Å². The Morgan fingerprint density at radius 3 is 2.67 bits per heavy atom. The number of halogens is 1. The predicted octanol–water partition coefficient (Wildman–Crippen LogP) is 1.08. The van der Waals surface area contributed by atoms with Gasteiger partial charge in [-0.3, -0.25) is 4.79 Å². The van der Waals surface area contributed by atoms with E-state index < -0.39 is 0 Å². The summed E-state index contributed by atoms with van der Waals surface area (Å²) in [5, 5.41) is 3.33. The number of nitrogens with one attached hydrogen (secondary N) is 1. The minimum atomic E-state index is 0.375. The predicted molar refractivity (Wildman–Crippen MR) is 72.1 cm³/mol. The van der Waals surface area contributed by atoms with Crippen molar-refractivity contribution >= 4 is 28.2 Å². The number of nitrogens with two attached hydrogens (primary N) is 1. The number of carbonyl (C=O) groups excluding carboxylic acids is 1. The lowest BCUT2D eigenvalue weighted by Gasteiger charge is -2.21. The Labute approximate surface area is 114 Å². The topological polar surface area (TPSA) is 90.1 Å². The molecule has 2 heterocycles. The van der Waals surface area contributed by atoms with Gasteiger partial charge in [0.25, 0.3) is 6.47 Å². The summed E-state index contributed by atoms with van der Waals surface area (Å²) in [6.07, 6.45) is 4.05. The molecule has 0 bridgehead atoms. The number of piperidine rings is 1. The molecule has 0 saturated carbocycles. The van der Waals surface area contributed by atoms with Crippen molar-refractivity contribution in [2.75, 3.05) is 25.9 Å². The molecule has 0 radical (unpaired) electrons. The molecule has 1 fully saturated rings. The van der Waals surface area contributed by atoms with Crippen LogP contribution in [0.25, 0.3) is 0 Å². The highest BCUT2D eigenvalue weighted by Crippen LogP contribution is 2.25. The van der Waals surface area contributed by atoms with Gasteiger partial charge in [-0.2, -0.15) is 0 Å². The Balaban J connectivity index is 0.000000357. The normalized spacial score (nSPS) is 15.4. The van der Waals surface area contributed by atoms with Crippen molar-refractivity contribution in [1.29, 1.82) is 0 Å². The zero-order valence-electron chi connectivity index (χ0n) is 10.2. The fraction of sp³-hybridized carbons (Fsp3) is 0.545. The van der Waals surface area contributed by atoms with Crippen LogP contribution in [0, 0.1) is 0 Å². The van der Waals surface area contributed by atoms with E-state index in [1.165, 1.54) is 7.11 Å². The molecule has 0 aliphatic carbocycles. The highest BCUT2D eigenvalue weighted by Gasteiger charge is 2.17. The van der Waals surface area contributed by atoms with Crippen LogP contribution in [0.1, 0.15) is 24.5 Å². The van der Waals surface area contributed by atoms with E-state index in [9.17, 15) is 0 Å². The number of methoxy groups -OCH3 is 1. The van der Waals surface area contributed by atoms with Gasteiger partial charge in [0, 0.05) is 5.92 Å². The Morgan fingerprint density at radius 2 is 2.17 bits per heavy atom. The standard InChI is InChI=1S/C9H13BrN4.C2H4O2/c10-8-9(11)13-5-7(14-8)6-1-3-12-4-2-6;1-4-2-3/h5-6,12H,1-4H2,(H2,11,13);2H,1H3. The summed E-state index contributed by atoms with van der Waals surface area (Å²) in [6.45, 7) is 2.50. The Hall–Kier alpha value is -1.21. The lowest BCUT2D eigenvalue weighted by atomic mass is 9.95. The van der Waals surface area contributed by atoms with Crippen LogP contribution in [-0.4, -0.2) is 36.6 Å². The number of nitrogens with zero attached hydrogens (tertiary/aromatic N) is 2. The van der Waals surface area contributed by atoms with E-state index in [2.05, 4.69) is 36.0 Å². The third-order valence-electron chi connectivity index (χ3n) is 2.63.